The van der Waals surface area contributed by atoms with Crippen molar-refractivity contribution < 1.29 is 0 Å². The Morgan fingerprint density at radius 3 is 2.62 bits per heavy atom. The van der Waals surface area contributed by atoms with Gasteiger partial charge >= 0.3 is 0 Å². The number of likely N-dealkylation sites (N-methyl/N-ethyl adjacent to an activating group) is 1. The number of hydrogen-bond donors (Lipinski definition) is 1. The van der Waals surface area contributed by atoms with E-state index in [1.54, 1.807) is 11.3 Å². The lowest BCUT2D eigenvalue weighted by Gasteiger charge is -2.25. The molecule has 0 aliphatic carbocycles. The van der Waals surface area contributed by atoms with Gasteiger partial charge in [-0.2, -0.15) is 11.3 Å². The average molecular weight is 240 g/mol. The first-order valence-corrected chi connectivity index (χ1v) is 6.96. The summed E-state index contributed by atoms with van der Waals surface area (Å²) in [6.07, 6.45) is 0. The Morgan fingerprint density at radius 2 is 2.06 bits per heavy atom. The average Bonchev–Trinajstić information content (AvgIpc) is 2.69. The molecule has 0 radical (unpaired) electrons. The molecule has 1 aromatic heterocycles. The van der Waals surface area contributed by atoms with Crippen molar-refractivity contribution in [3.05, 3.63) is 22.4 Å². The summed E-state index contributed by atoms with van der Waals surface area (Å²) < 4.78 is 0. The molecular formula is C13H24N2S. The summed E-state index contributed by atoms with van der Waals surface area (Å²) in [4.78, 5) is 2.40. The molecule has 2 nitrogen and oxygen atoms in total. The highest BCUT2D eigenvalue weighted by molar-refractivity contribution is 7.07. The highest BCUT2D eigenvalue weighted by atomic mass is 32.1. The maximum atomic E-state index is 3.51. The van der Waals surface area contributed by atoms with E-state index in [-0.39, 0.29) is 0 Å². The first kappa shape index (κ1) is 13.7. The van der Waals surface area contributed by atoms with Crippen LogP contribution in [0.3, 0.4) is 0 Å². The van der Waals surface area contributed by atoms with Gasteiger partial charge in [-0.25, -0.2) is 0 Å². The van der Waals surface area contributed by atoms with Crippen molar-refractivity contribution in [1.82, 2.24) is 10.2 Å². The number of thiophene rings is 1. The SMILES string of the molecule is CC(C)CNCC(C)N(C)Cc1ccsc1. The van der Waals surface area contributed by atoms with E-state index in [9.17, 15) is 0 Å². The fraction of sp³-hybridized carbons (Fsp3) is 0.692. The quantitative estimate of drug-likeness (QED) is 0.788. The van der Waals surface area contributed by atoms with E-state index in [0.29, 0.717) is 6.04 Å². The van der Waals surface area contributed by atoms with Crippen molar-refractivity contribution in [2.75, 3.05) is 20.1 Å². The van der Waals surface area contributed by atoms with Crippen molar-refractivity contribution in [2.45, 2.75) is 33.4 Å². The topological polar surface area (TPSA) is 15.3 Å². The zero-order valence-electron chi connectivity index (χ0n) is 10.9. The fourth-order valence-corrected chi connectivity index (χ4v) is 2.22. The Balaban J connectivity index is 2.22. The minimum atomic E-state index is 0.582. The van der Waals surface area contributed by atoms with Gasteiger partial charge in [0, 0.05) is 19.1 Å². The van der Waals surface area contributed by atoms with Crippen molar-refractivity contribution in [3.8, 4) is 0 Å². The normalized spacial score (nSPS) is 13.6. The van der Waals surface area contributed by atoms with Crippen LogP contribution >= 0.6 is 11.3 Å². The zero-order valence-corrected chi connectivity index (χ0v) is 11.7. The van der Waals surface area contributed by atoms with Crippen LogP contribution in [0.4, 0.5) is 0 Å². The summed E-state index contributed by atoms with van der Waals surface area (Å²) in [5.74, 6) is 0.731. The van der Waals surface area contributed by atoms with Gasteiger partial charge < -0.3 is 5.32 Å². The van der Waals surface area contributed by atoms with Crippen LogP contribution in [0, 0.1) is 5.92 Å². The van der Waals surface area contributed by atoms with Crippen LogP contribution in [0.2, 0.25) is 0 Å². The molecule has 16 heavy (non-hydrogen) atoms. The lowest BCUT2D eigenvalue weighted by Crippen LogP contribution is -2.38. The van der Waals surface area contributed by atoms with Gasteiger partial charge in [-0.15, -0.1) is 0 Å². The standard InChI is InChI=1S/C13H24N2S/c1-11(2)7-14-8-12(3)15(4)9-13-5-6-16-10-13/h5-6,10-12,14H,7-9H2,1-4H3. The number of hydrogen-bond acceptors (Lipinski definition) is 3. The van der Waals surface area contributed by atoms with Gasteiger partial charge in [-0.3, -0.25) is 4.90 Å². The second kappa shape index (κ2) is 7.05. The highest BCUT2D eigenvalue weighted by Gasteiger charge is 2.09. The molecule has 0 aliphatic rings. The van der Waals surface area contributed by atoms with Crippen LogP contribution in [-0.2, 0) is 6.54 Å². The van der Waals surface area contributed by atoms with Crippen LogP contribution < -0.4 is 5.32 Å². The van der Waals surface area contributed by atoms with Gasteiger partial charge in [0.2, 0.25) is 0 Å². The number of nitrogens with one attached hydrogen (secondary N) is 1. The Labute approximate surface area is 104 Å². The molecule has 0 amide bonds. The second-order valence-electron chi connectivity index (χ2n) is 4.95. The third-order valence-electron chi connectivity index (χ3n) is 2.76. The van der Waals surface area contributed by atoms with Gasteiger partial charge in [0.05, 0.1) is 0 Å². The Hall–Kier alpha value is -0.380. The molecule has 0 aromatic carbocycles. The van der Waals surface area contributed by atoms with Crippen LogP contribution in [0.5, 0.6) is 0 Å². The highest BCUT2D eigenvalue weighted by Crippen LogP contribution is 2.09. The van der Waals surface area contributed by atoms with Gasteiger partial charge in [-0.1, -0.05) is 13.8 Å². The van der Waals surface area contributed by atoms with Gasteiger partial charge in [0.25, 0.3) is 0 Å². The summed E-state index contributed by atoms with van der Waals surface area (Å²) in [5, 5.41) is 7.88. The summed E-state index contributed by atoms with van der Waals surface area (Å²) in [6, 6.07) is 2.79. The van der Waals surface area contributed by atoms with E-state index in [0.717, 1.165) is 25.6 Å². The fourth-order valence-electron chi connectivity index (χ4n) is 1.56. The maximum absolute atomic E-state index is 3.51. The smallest absolute Gasteiger partial charge is 0.0242 e. The summed E-state index contributed by atoms with van der Waals surface area (Å²) in [7, 11) is 2.19. The monoisotopic (exact) mass is 240 g/mol. The van der Waals surface area contributed by atoms with Crippen molar-refractivity contribution >= 4 is 11.3 Å². The molecule has 3 heteroatoms. The van der Waals surface area contributed by atoms with E-state index in [2.05, 4.69) is 54.9 Å². The van der Waals surface area contributed by atoms with E-state index >= 15 is 0 Å². The summed E-state index contributed by atoms with van der Waals surface area (Å²) in [5.41, 5.74) is 1.42. The summed E-state index contributed by atoms with van der Waals surface area (Å²) >= 11 is 1.77. The van der Waals surface area contributed by atoms with Gasteiger partial charge in [-0.05, 0) is 48.8 Å². The molecule has 1 N–H and O–H groups in total. The van der Waals surface area contributed by atoms with Gasteiger partial charge in [0.15, 0.2) is 0 Å². The van der Waals surface area contributed by atoms with Crippen LogP contribution in [0.25, 0.3) is 0 Å². The predicted octanol–water partition coefficient (Wildman–Crippen LogP) is 2.81. The minimum Gasteiger partial charge on any atom is -0.315 e. The van der Waals surface area contributed by atoms with Crippen LogP contribution in [-0.4, -0.2) is 31.1 Å². The number of rotatable bonds is 7. The van der Waals surface area contributed by atoms with E-state index in [1.807, 2.05) is 0 Å². The Bertz CT molecular complexity index is 269. The number of nitrogens with zero attached hydrogens (tertiary/aromatic N) is 1. The lowest BCUT2D eigenvalue weighted by atomic mass is 10.2. The minimum absolute atomic E-state index is 0.582. The lowest BCUT2D eigenvalue weighted by molar-refractivity contribution is 0.241. The third kappa shape index (κ3) is 5.10. The molecular weight excluding hydrogens is 216 g/mol. The molecule has 0 saturated heterocycles. The molecule has 1 aromatic rings. The Kier molecular flexibility index (Phi) is 6.03. The van der Waals surface area contributed by atoms with E-state index in [4.69, 9.17) is 0 Å². The Morgan fingerprint density at radius 1 is 1.31 bits per heavy atom. The van der Waals surface area contributed by atoms with Crippen LogP contribution in [0.15, 0.2) is 16.8 Å². The van der Waals surface area contributed by atoms with Gasteiger partial charge in [0.1, 0.15) is 0 Å². The molecule has 1 unspecified atom stereocenters. The van der Waals surface area contributed by atoms with Crippen LogP contribution in [0.1, 0.15) is 26.3 Å². The molecule has 0 fully saturated rings. The second-order valence-corrected chi connectivity index (χ2v) is 5.73. The molecule has 0 spiro atoms. The van der Waals surface area contributed by atoms with E-state index < -0.39 is 0 Å². The first-order chi connectivity index (χ1) is 7.59. The molecule has 0 aliphatic heterocycles. The molecule has 1 atom stereocenters. The summed E-state index contributed by atoms with van der Waals surface area (Å²) in [6.45, 7) is 9.99. The van der Waals surface area contributed by atoms with Crippen molar-refractivity contribution in [2.24, 2.45) is 5.92 Å². The largest absolute Gasteiger partial charge is 0.315 e. The molecule has 1 heterocycles. The maximum Gasteiger partial charge on any atom is 0.0242 e. The molecule has 0 bridgehead atoms. The van der Waals surface area contributed by atoms with Crippen molar-refractivity contribution in [1.29, 1.82) is 0 Å². The third-order valence-corrected chi connectivity index (χ3v) is 3.49. The van der Waals surface area contributed by atoms with Crippen molar-refractivity contribution in [3.63, 3.8) is 0 Å². The first-order valence-electron chi connectivity index (χ1n) is 6.01. The molecule has 92 valence electrons. The van der Waals surface area contributed by atoms with E-state index in [1.165, 1.54) is 5.56 Å². The predicted molar refractivity (Wildman–Crippen MR) is 73.0 cm³/mol. The molecule has 1 rings (SSSR count). The zero-order chi connectivity index (χ0) is 12.0. The molecule has 0 saturated carbocycles.